The van der Waals surface area contributed by atoms with E-state index >= 15 is 0 Å². The van der Waals surface area contributed by atoms with Gasteiger partial charge in [0.25, 0.3) is 0 Å². The Bertz CT molecular complexity index is 346. The van der Waals surface area contributed by atoms with Crippen molar-refractivity contribution < 1.29 is 9.59 Å². The zero-order valence-electron chi connectivity index (χ0n) is 12.0. The van der Waals surface area contributed by atoms with Gasteiger partial charge >= 0.3 is 0 Å². The normalized spacial score (nSPS) is 28.6. The summed E-state index contributed by atoms with van der Waals surface area (Å²) < 4.78 is 0. The molecule has 0 saturated carbocycles. The molecule has 0 radical (unpaired) electrons. The van der Waals surface area contributed by atoms with E-state index in [1.165, 1.54) is 17.7 Å². The van der Waals surface area contributed by atoms with Gasteiger partial charge in [0.2, 0.25) is 11.8 Å². The topological polar surface area (TPSA) is 52.7 Å². The highest BCUT2D eigenvalue weighted by Gasteiger charge is 2.38. The van der Waals surface area contributed by atoms with Gasteiger partial charge in [0, 0.05) is 19.1 Å². The third-order valence-electron chi connectivity index (χ3n) is 4.20. The number of carbonyl (C=O) groups excluding carboxylic acids is 2. The van der Waals surface area contributed by atoms with Crippen molar-refractivity contribution in [1.29, 1.82) is 0 Å². The second-order valence-corrected chi connectivity index (χ2v) is 5.47. The van der Waals surface area contributed by atoms with E-state index in [0.717, 1.165) is 26.1 Å². The molecule has 1 N–H and O–H groups in total. The molecular weight excluding hydrogens is 242 g/mol. The molecule has 0 aliphatic carbocycles. The number of likely N-dealkylation sites (tertiary alicyclic amines) is 2. The predicted molar refractivity (Wildman–Crippen MR) is 73.7 cm³/mol. The van der Waals surface area contributed by atoms with Crippen molar-refractivity contribution in [3.63, 3.8) is 0 Å². The van der Waals surface area contributed by atoms with E-state index in [1.54, 1.807) is 0 Å². The molecule has 2 amide bonds. The van der Waals surface area contributed by atoms with Gasteiger partial charge in [-0.2, -0.15) is 0 Å². The minimum absolute atomic E-state index is 0.0249. The molecule has 0 spiro atoms. The Morgan fingerprint density at radius 1 is 1.32 bits per heavy atom. The van der Waals surface area contributed by atoms with Gasteiger partial charge in [0.15, 0.2) is 0 Å². The fourth-order valence-corrected chi connectivity index (χ4v) is 3.12. The van der Waals surface area contributed by atoms with Crippen LogP contribution in [0.5, 0.6) is 0 Å². The third-order valence-corrected chi connectivity index (χ3v) is 4.20. The first kappa shape index (κ1) is 14.5. The Morgan fingerprint density at radius 2 is 2.11 bits per heavy atom. The molecule has 5 nitrogen and oxygen atoms in total. The summed E-state index contributed by atoms with van der Waals surface area (Å²) in [6.45, 7) is 7.75. The van der Waals surface area contributed by atoms with Crippen LogP contribution in [0.3, 0.4) is 0 Å². The Balaban J connectivity index is 1.83. The smallest absolute Gasteiger partial charge is 0.246 e. The van der Waals surface area contributed by atoms with Crippen LogP contribution >= 0.6 is 0 Å². The first-order chi connectivity index (χ1) is 9.17. The van der Waals surface area contributed by atoms with E-state index in [2.05, 4.69) is 17.1 Å². The molecule has 108 valence electrons. The van der Waals surface area contributed by atoms with Crippen LogP contribution in [-0.4, -0.2) is 59.9 Å². The van der Waals surface area contributed by atoms with Gasteiger partial charge in [0.1, 0.15) is 0 Å². The van der Waals surface area contributed by atoms with Crippen LogP contribution in [0.15, 0.2) is 0 Å². The maximum absolute atomic E-state index is 12.1. The Labute approximate surface area is 115 Å². The summed E-state index contributed by atoms with van der Waals surface area (Å²) in [4.78, 5) is 27.7. The van der Waals surface area contributed by atoms with E-state index in [-0.39, 0.29) is 17.9 Å². The zero-order valence-corrected chi connectivity index (χ0v) is 12.0. The molecule has 5 heteroatoms. The summed E-state index contributed by atoms with van der Waals surface area (Å²) in [5.41, 5.74) is 0. The van der Waals surface area contributed by atoms with Crippen molar-refractivity contribution in [3.05, 3.63) is 0 Å². The average Bonchev–Trinajstić information content (AvgIpc) is 2.96. The van der Waals surface area contributed by atoms with Crippen LogP contribution < -0.4 is 5.32 Å². The minimum atomic E-state index is -0.293. The molecule has 2 rings (SSSR count). The molecule has 2 saturated heterocycles. The number of imide groups is 1. The van der Waals surface area contributed by atoms with Gasteiger partial charge in [0.05, 0.1) is 12.5 Å². The van der Waals surface area contributed by atoms with E-state index < -0.39 is 0 Å². The number of nitrogens with one attached hydrogen (secondary N) is 1. The standard InChI is InChI=1S/C14H25N3O2/c1-3-7-17-13(18)9-12(14(17)19)15-10-11-6-5-8-16(11)4-2/h11-12,15H,3-10H2,1-2H3. The molecule has 2 aliphatic rings. The number of hydrogen-bond acceptors (Lipinski definition) is 4. The van der Waals surface area contributed by atoms with Crippen LogP contribution in [0.4, 0.5) is 0 Å². The predicted octanol–water partition coefficient (Wildman–Crippen LogP) is 0.598. The fraction of sp³-hybridized carbons (Fsp3) is 0.857. The van der Waals surface area contributed by atoms with Crippen LogP contribution in [0.2, 0.25) is 0 Å². The molecular formula is C14H25N3O2. The van der Waals surface area contributed by atoms with Crippen LogP contribution in [0.25, 0.3) is 0 Å². The van der Waals surface area contributed by atoms with E-state index in [0.29, 0.717) is 19.0 Å². The first-order valence-electron chi connectivity index (χ1n) is 7.49. The van der Waals surface area contributed by atoms with Crippen LogP contribution in [0.1, 0.15) is 39.5 Å². The van der Waals surface area contributed by atoms with Gasteiger partial charge < -0.3 is 5.32 Å². The Morgan fingerprint density at radius 3 is 2.79 bits per heavy atom. The summed E-state index contributed by atoms with van der Waals surface area (Å²) >= 11 is 0. The second-order valence-electron chi connectivity index (χ2n) is 5.47. The number of amides is 2. The molecule has 2 aliphatic heterocycles. The number of nitrogens with zero attached hydrogens (tertiary/aromatic N) is 2. The van der Waals surface area contributed by atoms with Crippen molar-refractivity contribution in [2.45, 2.75) is 51.6 Å². The number of likely N-dealkylation sites (N-methyl/N-ethyl adjacent to an activating group) is 1. The summed E-state index contributed by atoms with van der Waals surface area (Å²) in [7, 11) is 0. The molecule has 0 aromatic heterocycles. The molecule has 2 fully saturated rings. The minimum Gasteiger partial charge on any atom is -0.304 e. The maximum atomic E-state index is 12.1. The molecule has 2 unspecified atom stereocenters. The summed E-state index contributed by atoms with van der Waals surface area (Å²) in [6.07, 6.45) is 3.59. The molecule has 2 atom stereocenters. The quantitative estimate of drug-likeness (QED) is 0.716. The van der Waals surface area contributed by atoms with Gasteiger partial charge in [-0.05, 0) is 32.4 Å². The number of rotatable bonds is 6. The van der Waals surface area contributed by atoms with Crippen molar-refractivity contribution in [2.24, 2.45) is 0 Å². The van der Waals surface area contributed by atoms with Gasteiger partial charge in [-0.25, -0.2) is 0 Å². The lowest BCUT2D eigenvalue weighted by atomic mass is 10.2. The van der Waals surface area contributed by atoms with Crippen molar-refractivity contribution >= 4 is 11.8 Å². The van der Waals surface area contributed by atoms with Crippen LogP contribution in [0, 0.1) is 0 Å². The lowest BCUT2D eigenvalue weighted by Crippen LogP contribution is -2.45. The number of carbonyl (C=O) groups is 2. The summed E-state index contributed by atoms with van der Waals surface area (Å²) in [6, 6.07) is 0.228. The molecule has 2 heterocycles. The Kier molecular flexibility index (Phi) is 4.93. The lowest BCUT2D eigenvalue weighted by Gasteiger charge is -2.24. The van der Waals surface area contributed by atoms with E-state index in [1.807, 2.05) is 6.92 Å². The monoisotopic (exact) mass is 267 g/mol. The van der Waals surface area contributed by atoms with Crippen molar-refractivity contribution in [2.75, 3.05) is 26.2 Å². The molecule has 0 aromatic rings. The van der Waals surface area contributed by atoms with Crippen LogP contribution in [-0.2, 0) is 9.59 Å². The van der Waals surface area contributed by atoms with Gasteiger partial charge in [-0.1, -0.05) is 13.8 Å². The molecule has 0 bridgehead atoms. The number of hydrogen-bond donors (Lipinski definition) is 1. The Hall–Kier alpha value is -0.940. The summed E-state index contributed by atoms with van der Waals surface area (Å²) in [5.74, 6) is -0.0592. The van der Waals surface area contributed by atoms with E-state index in [9.17, 15) is 9.59 Å². The highest BCUT2D eigenvalue weighted by atomic mass is 16.2. The molecule has 19 heavy (non-hydrogen) atoms. The largest absolute Gasteiger partial charge is 0.304 e. The fourth-order valence-electron chi connectivity index (χ4n) is 3.12. The average molecular weight is 267 g/mol. The highest BCUT2D eigenvalue weighted by molar-refractivity contribution is 6.05. The molecule has 0 aromatic carbocycles. The van der Waals surface area contributed by atoms with Crippen molar-refractivity contribution in [1.82, 2.24) is 15.1 Å². The first-order valence-corrected chi connectivity index (χ1v) is 7.49. The van der Waals surface area contributed by atoms with E-state index in [4.69, 9.17) is 0 Å². The maximum Gasteiger partial charge on any atom is 0.246 e. The van der Waals surface area contributed by atoms with Gasteiger partial charge in [-0.15, -0.1) is 0 Å². The SMILES string of the molecule is CCCN1C(=O)CC(NCC2CCCN2CC)C1=O. The third kappa shape index (κ3) is 3.15. The zero-order chi connectivity index (χ0) is 13.8. The van der Waals surface area contributed by atoms with Gasteiger partial charge in [-0.3, -0.25) is 19.4 Å². The lowest BCUT2D eigenvalue weighted by molar-refractivity contribution is -0.138. The summed E-state index contributed by atoms with van der Waals surface area (Å²) in [5, 5.41) is 3.30. The second kappa shape index (κ2) is 6.48. The highest BCUT2D eigenvalue weighted by Crippen LogP contribution is 2.18. The van der Waals surface area contributed by atoms with Crippen molar-refractivity contribution in [3.8, 4) is 0 Å².